The van der Waals surface area contributed by atoms with Gasteiger partial charge < -0.3 is 19.5 Å². The van der Waals surface area contributed by atoms with Gasteiger partial charge >= 0.3 is 5.97 Å². The van der Waals surface area contributed by atoms with Crippen LogP contribution >= 0.6 is 11.6 Å². The quantitative estimate of drug-likeness (QED) is 0.673. The molecule has 0 heterocycles. The molecule has 0 atom stereocenters. The van der Waals surface area contributed by atoms with Crippen LogP contribution in [-0.2, 0) is 9.47 Å². The molecule has 0 aliphatic rings. The zero-order valence-electron chi connectivity index (χ0n) is 12.5. The molecule has 0 aliphatic carbocycles. The van der Waals surface area contributed by atoms with Gasteiger partial charge in [0, 0.05) is 32.0 Å². The lowest BCUT2D eigenvalue weighted by Gasteiger charge is -2.25. The fourth-order valence-electron chi connectivity index (χ4n) is 1.88. The molecule has 0 fully saturated rings. The van der Waals surface area contributed by atoms with Gasteiger partial charge in [0.15, 0.2) is 0 Å². The number of aromatic carboxylic acids is 1. The van der Waals surface area contributed by atoms with Crippen molar-refractivity contribution in [2.45, 2.75) is 13.8 Å². The lowest BCUT2D eigenvalue weighted by molar-refractivity contribution is 0.0697. The fourth-order valence-corrected chi connectivity index (χ4v) is 2.14. The second-order valence-electron chi connectivity index (χ2n) is 4.35. The van der Waals surface area contributed by atoms with Crippen LogP contribution in [0, 0.1) is 0 Å². The first kappa shape index (κ1) is 17.8. The van der Waals surface area contributed by atoms with E-state index in [0.29, 0.717) is 39.5 Å². The number of carboxylic acid groups (broad SMARTS) is 1. The van der Waals surface area contributed by atoms with Crippen LogP contribution in [-0.4, -0.2) is 50.6 Å². The van der Waals surface area contributed by atoms with E-state index in [1.165, 1.54) is 6.07 Å². The summed E-state index contributed by atoms with van der Waals surface area (Å²) >= 11 is 6.02. The highest BCUT2D eigenvalue weighted by molar-refractivity contribution is 6.33. The van der Waals surface area contributed by atoms with Gasteiger partial charge in [-0.15, -0.1) is 0 Å². The SMILES string of the molecule is CCOCCN(CCOCC)c1ccc(C(=O)O)c(Cl)c1. The van der Waals surface area contributed by atoms with Crippen LogP contribution in [0.5, 0.6) is 0 Å². The van der Waals surface area contributed by atoms with Crippen molar-refractivity contribution in [2.75, 3.05) is 44.4 Å². The third kappa shape index (κ3) is 5.91. The normalized spacial score (nSPS) is 10.6. The summed E-state index contributed by atoms with van der Waals surface area (Å²) in [5.74, 6) is -1.03. The van der Waals surface area contributed by atoms with Gasteiger partial charge in [-0.3, -0.25) is 0 Å². The van der Waals surface area contributed by atoms with Crippen molar-refractivity contribution >= 4 is 23.3 Å². The van der Waals surface area contributed by atoms with Crippen LogP contribution in [0.4, 0.5) is 5.69 Å². The molecule has 118 valence electrons. The molecule has 0 unspecified atom stereocenters. The van der Waals surface area contributed by atoms with E-state index >= 15 is 0 Å². The second-order valence-corrected chi connectivity index (χ2v) is 4.76. The first-order valence-corrected chi connectivity index (χ1v) is 7.41. The number of hydrogen-bond donors (Lipinski definition) is 1. The third-order valence-corrected chi connectivity index (χ3v) is 3.28. The summed E-state index contributed by atoms with van der Waals surface area (Å²) in [6.07, 6.45) is 0. The van der Waals surface area contributed by atoms with Gasteiger partial charge in [0.05, 0.1) is 23.8 Å². The summed E-state index contributed by atoms with van der Waals surface area (Å²) in [5.41, 5.74) is 0.972. The average molecular weight is 316 g/mol. The van der Waals surface area contributed by atoms with Crippen molar-refractivity contribution in [1.29, 1.82) is 0 Å². The molecular weight excluding hydrogens is 294 g/mol. The maximum absolute atomic E-state index is 11.0. The van der Waals surface area contributed by atoms with Crippen molar-refractivity contribution < 1.29 is 19.4 Å². The molecule has 0 saturated heterocycles. The second kappa shape index (κ2) is 9.60. The van der Waals surface area contributed by atoms with E-state index in [0.717, 1.165) is 5.69 Å². The van der Waals surface area contributed by atoms with E-state index in [4.69, 9.17) is 26.2 Å². The van der Waals surface area contributed by atoms with Gasteiger partial charge in [-0.05, 0) is 32.0 Å². The number of halogens is 1. The fraction of sp³-hybridized carbons (Fsp3) is 0.533. The van der Waals surface area contributed by atoms with E-state index in [1.54, 1.807) is 12.1 Å². The highest BCUT2D eigenvalue weighted by atomic mass is 35.5. The molecule has 0 spiro atoms. The Morgan fingerprint density at radius 2 is 1.76 bits per heavy atom. The predicted molar refractivity (Wildman–Crippen MR) is 83.6 cm³/mol. The predicted octanol–water partition coefficient (Wildman–Crippen LogP) is 2.92. The van der Waals surface area contributed by atoms with E-state index < -0.39 is 5.97 Å². The molecule has 0 amide bonds. The average Bonchev–Trinajstić information content (AvgIpc) is 2.45. The van der Waals surface area contributed by atoms with E-state index in [9.17, 15) is 4.79 Å². The largest absolute Gasteiger partial charge is 0.478 e. The highest BCUT2D eigenvalue weighted by Crippen LogP contribution is 2.23. The van der Waals surface area contributed by atoms with Crippen LogP contribution in [0.2, 0.25) is 5.02 Å². The number of ether oxygens (including phenoxy) is 2. The zero-order valence-corrected chi connectivity index (χ0v) is 13.2. The smallest absolute Gasteiger partial charge is 0.337 e. The summed E-state index contributed by atoms with van der Waals surface area (Å²) < 4.78 is 10.7. The molecule has 1 rings (SSSR count). The van der Waals surface area contributed by atoms with Crippen molar-refractivity contribution in [2.24, 2.45) is 0 Å². The molecule has 1 aromatic carbocycles. The molecule has 6 heteroatoms. The number of benzene rings is 1. The van der Waals surface area contributed by atoms with Crippen molar-refractivity contribution in [3.8, 4) is 0 Å². The number of hydrogen-bond acceptors (Lipinski definition) is 4. The lowest BCUT2D eigenvalue weighted by atomic mass is 10.2. The molecular formula is C15H22ClNO4. The van der Waals surface area contributed by atoms with Crippen LogP contribution in [0.3, 0.4) is 0 Å². The maximum atomic E-state index is 11.0. The Kier molecular flexibility index (Phi) is 8.12. The van der Waals surface area contributed by atoms with Crippen LogP contribution in [0.1, 0.15) is 24.2 Å². The summed E-state index contributed by atoms with van der Waals surface area (Å²) in [6.45, 7) is 7.82. The summed E-state index contributed by atoms with van der Waals surface area (Å²) in [6, 6.07) is 4.95. The standard InChI is InChI=1S/C15H22ClNO4/c1-3-20-9-7-17(8-10-21-4-2)12-5-6-13(15(18)19)14(16)11-12/h5-6,11H,3-4,7-10H2,1-2H3,(H,18,19). The molecule has 1 N–H and O–H groups in total. The molecule has 0 aromatic heterocycles. The number of nitrogens with zero attached hydrogens (tertiary/aromatic N) is 1. The van der Waals surface area contributed by atoms with Crippen LogP contribution < -0.4 is 4.90 Å². The lowest BCUT2D eigenvalue weighted by Crippen LogP contribution is -2.31. The summed E-state index contributed by atoms with van der Waals surface area (Å²) in [4.78, 5) is 13.1. The van der Waals surface area contributed by atoms with E-state index in [1.807, 2.05) is 13.8 Å². The van der Waals surface area contributed by atoms with Crippen LogP contribution in [0.15, 0.2) is 18.2 Å². The Labute approximate surface area is 130 Å². The minimum atomic E-state index is -1.03. The Morgan fingerprint density at radius 3 is 2.19 bits per heavy atom. The van der Waals surface area contributed by atoms with Gasteiger partial charge in [-0.25, -0.2) is 4.79 Å². The van der Waals surface area contributed by atoms with Gasteiger partial charge in [0.2, 0.25) is 0 Å². The maximum Gasteiger partial charge on any atom is 0.337 e. The van der Waals surface area contributed by atoms with Gasteiger partial charge in [-0.1, -0.05) is 11.6 Å². The van der Waals surface area contributed by atoms with E-state index in [-0.39, 0.29) is 10.6 Å². The van der Waals surface area contributed by atoms with Gasteiger partial charge in [-0.2, -0.15) is 0 Å². The van der Waals surface area contributed by atoms with Gasteiger partial charge in [0.25, 0.3) is 0 Å². The minimum absolute atomic E-state index is 0.106. The number of rotatable bonds is 10. The first-order chi connectivity index (χ1) is 10.1. The Hall–Kier alpha value is -1.30. The molecule has 0 radical (unpaired) electrons. The molecule has 1 aromatic rings. The van der Waals surface area contributed by atoms with Crippen molar-refractivity contribution in [3.63, 3.8) is 0 Å². The minimum Gasteiger partial charge on any atom is -0.478 e. The Bertz CT molecular complexity index is 443. The van der Waals surface area contributed by atoms with Crippen LogP contribution in [0.25, 0.3) is 0 Å². The van der Waals surface area contributed by atoms with Crippen molar-refractivity contribution in [1.82, 2.24) is 0 Å². The topological polar surface area (TPSA) is 59.0 Å². The molecule has 0 saturated carbocycles. The summed E-state index contributed by atoms with van der Waals surface area (Å²) in [7, 11) is 0. The molecule has 21 heavy (non-hydrogen) atoms. The Balaban J connectivity index is 2.80. The number of carbonyl (C=O) groups is 1. The molecule has 5 nitrogen and oxygen atoms in total. The Morgan fingerprint density at radius 1 is 1.19 bits per heavy atom. The number of anilines is 1. The highest BCUT2D eigenvalue weighted by Gasteiger charge is 2.12. The molecule has 0 aliphatic heterocycles. The van der Waals surface area contributed by atoms with Gasteiger partial charge in [0.1, 0.15) is 0 Å². The summed E-state index contributed by atoms with van der Waals surface area (Å²) in [5, 5.41) is 9.24. The first-order valence-electron chi connectivity index (χ1n) is 7.03. The molecule has 0 bridgehead atoms. The monoisotopic (exact) mass is 315 g/mol. The van der Waals surface area contributed by atoms with E-state index in [2.05, 4.69) is 4.90 Å². The third-order valence-electron chi connectivity index (χ3n) is 2.97. The number of carboxylic acids is 1. The zero-order chi connectivity index (χ0) is 15.7. The van der Waals surface area contributed by atoms with Crippen molar-refractivity contribution in [3.05, 3.63) is 28.8 Å².